The molecule has 0 spiro atoms. The third-order valence-electron chi connectivity index (χ3n) is 2.57. The number of hydrogen-bond donors (Lipinski definition) is 1. The number of likely N-dealkylation sites (N-methyl/N-ethyl adjacent to an activating group) is 1. The Morgan fingerprint density at radius 3 is 2.78 bits per heavy atom. The minimum absolute atomic E-state index is 0.0200. The predicted octanol–water partition coefficient (Wildman–Crippen LogP) is 2.03. The quantitative estimate of drug-likeness (QED) is 0.791. The molecule has 0 radical (unpaired) electrons. The van der Waals surface area contributed by atoms with Crippen LogP contribution in [0.4, 0.5) is 4.39 Å². The Morgan fingerprint density at radius 2 is 2.17 bits per heavy atom. The van der Waals surface area contributed by atoms with Crippen molar-refractivity contribution in [3.63, 3.8) is 0 Å². The highest BCUT2D eigenvalue weighted by Gasteiger charge is 2.18. The molecule has 0 saturated carbocycles. The van der Waals surface area contributed by atoms with E-state index in [0.717, 1.165) is 12.1 Å². The van der Waals surface area contributed by atoms with Crippen LogP contribution in [-0.4, -0.2) is 42.2 Å². The Balaban J connectivity index is 2.79. The van der Waals surface area contributed by atoms with Crippen molar-refractivity contribution in [2.75, 3.05) is 26.3 Å². The van der Waals surface area contributed by atoms with Crippen LogP contribution in [0.15, 0.2) is 18.2 Å². The molecule has 1 aromatic carbocycles. The molecule has 0 aliphatic rings. The zero-order valence-electron chi connectivity index (χ0n) is 10.6. The maximum Gasteiger partial charge on any atom is 0.257 e. The highest BCUT2D eigenvalue weighted by Crippen LogP contribution is 2.19. The molecule has 0 fully saturated rings. The molecule has 0 atom stereocenters. The lowest BCUT2D eigenvalue weighted by Gasteiger charge is -2.21. The SMILES string of the molecule is CCOCCN(CC)C(=O)c1cc(F)ccc1O. The van der Waals surface area contributed by atoms with E-state index in [1.165, 1.54) is 11.0 Å². The van der Waals surface area contributed by atoms with Gasteiger partial charge in [-0.2, -0.15) is 0 Å². The predicted molar refractivity (Wildman–Crippen MR) is 66.1 cm³/mol. The Kier molecular flexibility index (Phi) is 5.58. The molecular weight excluding hydrogens is 237 g/mol. The first-order chi connectivity index (χ1) is 8.60. The van der Waals surface area contributed by atoms with Gasteiger partial charge in [0.2, 0.25) is 0 Å². The molecule has 0 unspecified atom stereocenters. The molecule has 0 aliphatic heterocycles. The van der Waals surface area contributed by atoms with Crippen molar-refractivity contribution in [3.05, 3.63) is 29.6 Å². The number of halogens is 1. The van der Waals surface area contributed by atoms with Crippen LogP contribution in [0.1, 0.15) is 24.2 Å². The molecule has 1 amide bonds. The van der Waals surface area contributed by atoms with E-state index < -0.39 is 11.7 Å². The minimum atomic E-state index is -0.544. The normalized spacial score (nSPS) is 10.4. The van der Waals surface area contributed by atoms with E-state index in [-0.39, 0.29) is 11.3 Å². The van der Waals surface area contributed by atoms with E-state index in [0.29, 0.717) is 26.3 Å². The van der Waals surface area contributed by atoms with Crippen molar-refractivity contribution >= 4 is 5.91 Å². The van der Waals surface area contributed by atoms with E-state index >= 15 is 0 Å². The lowest BCUT2D eigenvalue weighted by atomic mass is 10.1. The number of hydrogen-bond acceptors (Lipinski definition) is 3. The molecule has 0 bridgehead atoms. The highest BCUT2D eigenvalue weighted by atomic mass is 19.1. The summed E-state index contributed by atoms with van der Waals surface area (Å²) in [4.78, 5) is 13.6. The van der Waals surface area contributed by atoms with Gasteiger partial charge in [0.15, 0.2) is 0 Å². The monoisotopic (exact) mass is 255 g/mol. The molecule has 1 rings (SSSR count). The highest BCUT2D eigenvalue weighted by molar-refractivity contribution is 5.96. The summed E-state index contributed by atoms with van der Waals surface area (Å²) >= 11 is 0. The Bertz CT molecular complexity index is 409. The van der Waals surface area contributed by atoms with Gasteiger partial charge >= 0.3 is 0 Å². The summed E-state index contributed by atoms with van der Waals surface area (Å²) in [5.41, 5.74) is -0.0200. The van der Waals surface area contributed by atoms with Crippen LogP contribution in [0.2, 0.25) is 0 Å². The van der Waals surface area contributed by atoms with Crippen molar-refractivity contribution in [3.8, 4) is 5.75 Å². The van der Waals surface area contributed by atoms with Crippen molar-refractivity contribution < 1.29 is 19.0 Å². The number of carbonyl (C=O) groups excluding carboxylic acids is 1. The van der Waals surface area contributed by atoms with Crippen LogP contribution in [0.3, 0.4) is 0 Å². The summed E-state index contributed by atoms with van der Waals surface area (Å²) in [5.74, 6) is -1.15. The lowest BCUT2D eigenvalue weighted by Crippen LogP contribution is -2.34. The van der Waals surface area contributed by atoms with Gasteiger partial charge in [0.25, 0.3) is 5.91 Å². The summed E-state index contributed by atoms with van der Waals surface area (Å²) in [6, 6.07) is 3.34. The molecule has 18 heavy (non-hydrogen) atoms. The number of nitrogens with zero attached hydrogens (tertiary/aromatic N) is 1. The fourth-order valence-corrected chi connectivity index (χ4v) is 1.57. The smallest absolute Gasteiger partial charge is 0.257 e. The average Bonchev–Trinajstić information content (AvgIpc) is 2.37. The average molecular weight is 255 g/mol. The summed E-state index contributed by atoms with van der Waals surface area (Å²) in [7, 11) is 0. The topological polar surface area (TPSA) is 49.8 Å². The van der Waals surface area contributed by atoms with E-state index in [1.807, 2.05) is 13.8 Å². The van der Waals surface area contributed by atoms with Crippen LogP contribution in [0.25, 0.3) is 0 Å². The molecule has 4 nitrogen and oxygen atoms in total. The molecule has 0 aliphatic carbocycles. The van der Waals surface area contributed by atoms with Gasteiger partial charge in [0.1, 0.15) is 11.6 Å². The summed E-state index contributed by atoms with van der Waals surface area (Å²) in [5, 5.41) is 9.58. The van der Waals surface area contributed by atoms with Gasteiger partial charge in [0, 0.05) is 19.7 Å². The molecule has 5 heteroatoms. The molecule has 100 valence electrons. The van der Waals surface area contributed by atoms with E-state index in [4.69, 9.17) is 4.74 Å². The van der Waals surface area contributed by atoms with Crippen LogP contribution >= 0.6 is 0 Å². The van der Waals surface area contributed by atoms with Gasteiger partial charge in [-0.1, -0.05) is 0 Å². The molecule has 1 N–H and O–H groups in total. The standard InChI is InChI=1S/C13H18FNO3/c1-3-15(7-8-18-4-2)13(17)11-9-10(14)5-6-12(11)16/h5-6,9,16H,3-4,7-8H2,1-2H3. The Hall–Kier alpha value is -1.62. The van der Waals surface area contributed by atoms with Crippen LogP contribution in [0, 0.1) is 5.82 Å². The fourth-order valence-electron chi connectivity index (χ4n) is 1.57. The van der Waals surface area contributed by atoms with Crippen LogP contribution in [-0.2, 0) is 4.74 Å². The van der Waals surface area contributed by atoms with Gasteiger partial charge in [0.05, 0.1) is 12.2 Å². The number of aromatic hydroxyl groups is 1. The minimum Gasteiger partial charge on any atom is -0.507 e. The molecule has 0 aromatic heterocycles. The first-order valence-electron chi connectivity index (χ1n) is 5.95. The van der Waals surface area contributed by atoms with Crippen LogP contribution < -0.4 is 0 Å². The third-order valence-corrected chi connectivity index (χ3v) is 2.57. The number of amides is 1. The number of phenolic OH excluding ortho intramolecular Hbond substituents is 1. The second-order valence-electron chi connectivity index (χ2n) is 3.74. The molecule has 0 heterocycles. The first kappa shape index (κ1) is 14.4. The van der Waals surface area contributed by atoms with Crippen molar-refractivity contribution in [2.45, 2.75) is 13.8 Å². The molecule has 0 saturated heterocycles. The zero-order valence-corrected chi connectivity index (χ0v) is 10.6. The van der Waals surface area contributed by atoms with Crippen LogP contribution in [0.5, 0.6) is 5.75 Å². The third kappa shape index (κ3) is 3.70. The maximum absolute atomic E-state index is 13.1. The summed E-state index contributed by atoms with van der Waals surface area (Å²) in [6.45, 7) is 5.58. The summed E-state index contributed by atoms with van der Waals surface area (Å²) < 4.78 is 18.3. The van der Waals surface area contributed by atoms with E-state index in [2.05, 4.69) is 0 Å². The van der Waals surface area contributed by atoms with Gasteiger partial charge < -0.3 is 14.7 Å². The van der Waals surface area contributed by atoms with Gasteiger partial charge in [-0.05, 0) is 32.0 Å². The van der Waals surface area contributed by atoms with Crippen molar-refractivity contribution in [2.24, 2.45) is 0 Å². The number of ether oxygens (including phenoxy) is 1. The number of phenols is 1. The van der Waals surface area contributed by atoms with Gasteiger partial charge in [-0.15, -0.1) is 0 Å². The van der Waals surface area contributed by atoms with E-state index in [1.54, 1.807) is 0 Å². The molecular formula is C13H18FNO3. The zero-order chi connectivity index (χ0) is 13.5. The Labute approximate surface area is 106 Å². The Morgan fingerprint density at radius 1 is 1.44 bits per heavy atom. The van der Waals surface area contributed by atoms with Gasteiger partial charge in [-0.25, -0.2) is 4.39 Å². The number of carbonyl (C=O) groups is 1. The molecule has 1 aromatic rings. The summed E-state index contributed by atoms with van der Waals surface area (Å²) in [6.07, 6.45) is 0. The first-order valence-corrected chi connectivity index (χ1v) is 5.95. The number of benzene rings is 1. The largest absolute Gasteiger partial charge is 0.507 e. The van der Waals surface area contributed by atoms with Crippen molar-refractivity contribution in [1.82, 2.24) is 4.90 Å². The van der Waals surface area contributed by atoms with Crippen molar-refractivity contribution in [1.29, 1.82) is 0 Å². The lowest BCUT2D eigenvalue weighted by molar-refractivity contribution is 0.0666. The van der Waals surface area contributed by atoms with E-state index in [9.17, 15) is 14.3 Å². The second kappa shape index (κ2) is 6.96. The fraction of sp³-hybridized carbons (Fsp3) is 0.462. The maximum atomic E-state index is 13.1. The second-order valence-corrected chi connectivity index (χ2v) is 3.74. The number of rotatable bonds is 6. The van der Waals surface area contributed by atoms with Gasteiger partial charge in [-0.3, -0.25) is 4.79 Å².